The molecule has 4 nitrogen and oxygen atoms in total. The zero-order chi connectivity index (χ0) is 12.2. The number of sulfonamides is 1. The molecule has 6 heteroatoms. The molecular formula is C10H13ClNO3S. The van der Waals surface area contributed by atoms with E-state index in [0.29, 0.717) is 29.8 Å². The summed E-state index contributed by atoms with van der Waals surface area (Å²) in [5, 5.41) is 15.8. The zero-order valence-electron chi connectivity index (χ0n) is 8.65. The Morgan fingerprint density at radius 1 is 1.25 bits per heavy atom. The van der Waals surface area contributed by atoms with Crippen molar-refractivity contribution in [1.29, 1.82) is 0 Å². The van der Waals surface area contributed by atoms with Gasteiger partial charge in [0.05, 0.1) is 11.5 Å². The lowest BCUT2D eigenvalue weighted by Crippen LogP contribution is -2.14. The molecule has 1 radical (unpaired) electrons. The summed E-state index contributed by atoms with van der Waals surface area (Å²) in [6.07, 6.45) is 1.55. The van der Waals surface area contributed by atoms with Crippen LogP contribution in [0.25, 0.3) is 0 Å². The first-order valence-corrected chi connectivity index (χ1v) is 6.77. The van der Waals surface area contributed by atoms with E-state index < -0.39 is 10.0 Å². The van der Waals surface area contributed by atoms with Gasteiger partial charge in [0.15, 0.2) is 0 Å². The summed E-state index contributed by atoms with van der Waals surface area (Å²) in [5.74, 6) is 0. The monoisotopic (exact) mass is 262 g/mol. The Morgan fingerprint density at radius 3 is 2.50 bits per heavy atom. The van der Waals surface area contributed by atoms with Gasteiger partial charge in [0.25, 0.3) is 0 Å². The van der Waals surface area contributed by atoms with Gasteiger partial charge in [-0.1, -0.05) is 17.7 Å². The van der Waals surface area contributed by atoms with Crippen LogP contribution in [0.5, 0.6) is 0 Å². The molecule has 0 unspecified atom stereocenters. The van der Waals surface area contributed by atoms with E-state index in [4.69, 9.17) is 16.7 Å². The van der Waals surface area contributed by atoms with Crippen LogP contribution in [0.1, 0.15) is 18.4 Å². The molecule has 89 valence electrons. The number of nitrogens with two attached hydrogens (primary N) is 1. The highest BCUT2D eigenvalue weighted by Gasteiger charge is 2.15. The van der Waals surface area contributed by atoms with E-state index in [1.165, 1.54) is 6.07 Å². The molecule has 0 aliphatic rings. The maximum Gasteiger partial charge on any atom is 0.238 e. The maximum atomic E-state index is 11.3. The maximum absolute atomic E-state index is 11.3. The second-order valence-electron chi connectivity index (χ2n) is 3.42. The number of benzene rings is 1. The Kier molecular flexibility index (Phi) is 4.73. The number of halogens is 1. The Balaban J connectivity index is 3.05. The third-order valence-corrected chi connectivity index (χ3v) is 3.55. The van der Waals surface area contributed by atoms with Crippen LogP contribution in [0.3, 0.4) is 0 Å². The molecule has 0 heterocycles. The van der Waals surface area contributed by atoms with Crippen LogP contribution in [0.2, 0.25) is 5.02 Å². The molecule has 0 amide bonds. The van der Waals surface area contributed by atoms with Crippen LogP contribution < -0.4 is 5.14 Å². The van der Waals surface area contributed by atoms with Crippen LogP contribution in [-0.4, -0.2) is 15.0 Å². The van der Waals surface area contributed by atoms with Crippen LogP contribution in [0, 0.1) is 0 Å². The fraction of sp³-hybridized carbons (Fsp3) is 0.400. The molecule has 0 saturated carbocycles. The normalized spacial score (nSPS) is 11.7. The molecule has 0 spiro atoms. The van der Waals surface area contributed by atoms with Crippen molar-refractivity contribution in [1.82, 2.24) is 0 Å². The largest absolute Gasteiger partial charge is 0.238 e. The quantitative estimate of drug-likeness (QED) is 0.820. The first-order chi connectivity index (χ1) is 7.46. The molecule has 1 aromatic rings. The lowest BCUT2D eigenvalue weighted by Gasteiger charge is -2.09. The molecular weight excluding hydrogens is 250 g/mol. The second-order valence-corrected chi connectivity index (χ2v) is 5.36. The molecule has 0 fully saturated rings. The van der Waals surface area contributed by atoms with Crippen molar-refractivity contribution in [2.24, 2.45) is 5.14 Å². The van der Waals surface area contributed by atoms with Gasteiger partial charge in [-0.15, -0.1) is 0 Å². The van der Waals surface area contributed by atoms with Gasteiger partial charge in [0.1, 0.15) is 0 Å². The Morgan fingerprint density at radius 2 is 1.94 bits per heavy atom. The molecule has 1 rings (SSSR count). The SMILES string of the molecule is NS(=O)(=O)c1cccc(Cl)c1CCCC[O]. The molecule has 0 aromatic heterocycles. The molecule has 0 atom stereocenters. The van der Waals surface area contributed by atoms with E-state index in [1.807, 2.05) is 0 Å². The summed E-state index contributed by atoms with van der Waals surface area (Å²) in [7, 11) is -3.76. The van der Waals surface area contributed by atoms with Crippen LogP contribution in [0.15, 0.2) is 23.1 Å². The van der Waals surface area contributed by atoms with Crippen molar-refractivity contribution >= 4 is 21.6 Å². The summed E-state index contributed by atoms with van der Waals surface area (Å²) in [5.41, 5.74) is 0.500. The lowest BCUT2D eigenvalue weighted by molar-refractivity contribution is 0.187. The fourth-order valence-electron chi connectivity index (χ4n) is 1.45. The Hall–Kier alpha value is -0.620. The third kappa shape index (κ3) is 3.45. The molecule has 0 bridgehead atoms. The van der Waals surface area contributed by atoms with Crippen molar-refractivity contribution in [3.8, 4) is 0 Å². The fourth-order valence-corrected chi connectivity index (χ4v) is 2.60. The first-order valence-electron chi connectivity index (χ1n) is 4.85. The van der Waals surface area contributed by atoms with Crippen molar-refractivity contribution < 1.29 is 13.5 Å². The van der Waals surface area contributed by atoms with Crippen molar-refractivity contribution in [3.05, 3.63) is 28.8 Å². The Labute approximate surface area is 100 Å². The minimum atomic E-state index is -3.76. The molecule has 16 heavy (non-hydrogen) atoms. The highest BCUT2D eigenvalue weighted by atomic mass is 35.5. The van der Waals surface area contributed by atoms with Crippen LogP contribution in [-0.2, 0) is 21.6 Å². The topological polar surface area (TPSA) is 80.1 Å². The lowest BCUT2D eigenvalue weighted by atomic mass is 10.1. The van der Waals surface area contributed by atoms with E-state index in [9.17, 15) is 13.5 Å². The molecule has 0 aliphatic heterocycles. The van der Waals surface area contributed by atoms with Gasteiger partial charge < -0.3 is 0 Å². The number of rotatable bonds is 5. The van der Waals surface area contributed by atoms with E-state index in [1.54, 1.807) is 12.1 Å². The van der Waals surface area contributed by atoms with Crippen molar-refractivity contribution in [3.63, 3.8) is 0 Å². The third-order valence-electron chi connectivity index (χ3n) is 2.20. The first kappa shape index (κ1) is 13.4. The molecule has 1 aromatic carbocycles. The van der Waals surface area contributed by atoms with E-state index in [-0.39, 0.29) is 11.5 Å². The summed E-state index contributed by atoms with van der Waals surface area (Å²) >= 11 is 5.92. The van der Waals surface area contributed by atoms with Gasteiger partial charge >= 0.3 is 0 Å². The number of primary sulfonamides is 1. The van der Waals surface area contributed by atoms with Crippen molar-refractivity contribution in [2.75, 3.05) is 6.61 Å². The molecule has 0 aliphatic carbocycles. The standard InChI is InChI=1S/C10H13ClNO3S/c11-9-5-3-6-10(16(12,14)15)8(9)4-1-2-7-13/h3,5-6H,1-2,4,7H2,(H2,12,14,15). The average molecular weight is 263 g/mol. The van der Waals surface area contributed by atoms with E-state index in [0.717, 1.165) is 0 Å². The zero-order valence-corrected chi connectivity index (χ0v) is 10.2. The summed E-state index contributed by atoms with van der Waals surface area (Å²) in [6, 6.07) is 4.58. The van der Waals surface area contributed by atoms with Crippen molar-refractivity contribution in [2.45, 2.75) is 24.2 Å². The van der Waals surface area contributed by atoms with Gasteiger partial charge in [-0.05, 0) is 37.0 Å². The van der Waals surface area contributed by atoms with Gasteiger partial charge in [0, 0.05) is 5.02 Å². The number of hydrogen-bond acceptors (Lipinski definition) is 2. The van der Waals surface area contributed by atoms with Gasteiger partial charge in [-0.2, -0.15) is 0 Å². The predicted octanol–water partition coefficient (Wildman–Crippen LogP) is 1.74. The Bertz CT molecular complexity index is 459. The van der Waals surface area contributed by atoms with E-state index in [2.05, 4.69) is 0 Å². The molecule has 0 saturated heterocycles. The average Bonchev–Trinajstić information content (AvgIpc) is 2.19. The van der Waals surface area contributed by atoms with Crippen LogP contribution >= 0.6 is 11.6 Å². The van der Waals surface area contributed by atoms with Gasteiger partial charge in [-0.25, -0.2) is 18.7 Å². The minimum absolute atomic E-state index is 0.0471. The van der Waals surface area contributed by atoms with Gasteiger partial charge in [-0.3, -0.25) is 0 Å². The van der Waals surface area contributed by atoms with E-state index >= 15 is 0 Å². The van der Waals surface area contributed by atoms with Crippen LogP contribution in [0.4, 0.5) is 0 Å². The minimum Gasteiger partial charge on any atom is -0.237 e. The van der Waals surface area contributed by atoms with Gasteiger partial charge in [0.2, 0.25) is 10.0 Å². The number of unbranched alkanes of at least 4 members (excludes halogenated alkanes) is 1. The summed E-state index contributed by atoms with van der Waals surface area (Å²) in [6.45, 7) is -0.171. The summed E-state index contributed by atoms with van der Waals surface area (Å²) in [4.78, 5) is 0.0471. The molecule has 2 N–H and O–H groups in total. The summed E-state index contributed by atoms with van der Waals surface area (Å²) < 4.78 is 22.6. The highest BCUT2D eigenvalue weighted by Crippen LogP contribution is 2.24. The second kappa shape index (κ2) is 5.63. The smallest absolute Gasteiger partial charge is 0.237 e. The highest BCUT2D eigenvalue weighted by molar-refractivity contribution is 7.89. The predicted molar refractivity (Wildman–Crippen MR) is 61.3 cm³/mol. The number of hydrogen-bond donors (Lipinski definition) is 1.